The monoisotopic (exact) mass is 282 g/mol. The van der Waals surface area contributed by atoms with E-state index in [0.29, 0.717) is 17.1 Å². The van der Waals surface area contributed by atoms with Crippen LogP contribution in [0.2, 0.25) is 0 Å². The highest BCUT2D eigenvalue weighted by molar-refractivity contribution is 5.97. The number of hydrogen-bond acceptors (Lipinski definition) is 4. The molecule has 0 aliphatic carbocycles. The molecule has 0 saturated carbocycles. The molecule has 21 heavy (non-hydrogen) atoms. The van der Waals surface area contributed by atoms with Crippen molar-refractivity contribution in [3.63, 3.8) is 0 Å². The SMILES string of the molecule is Cc1cc(=O)n(CC(=O)c2cc3ccccc3o2)c(C)n1. The molecule has 0 aliphatic rings. The van der Waals surface area contributed by atoms with Gasteiger partial charge in [-0.2, -0.15) is 0 Å². The third-order valence-electron chi connectivity index (χ3n) is 3.33. The van der Waals surface area contributed by atoms with Crippen LogP contribution in [0.1, 0.15) is 22.1 Å². The first-order valence-corrected chi connectivity index (χ1v) is 6.61. The molecule has 0 N–H and O–H groups in total. The van der Waals surface area contributed by atoms with E-state index in [2.05, 4.69) is 4.98 Å². The van der Waals surface area contributed by atoms with Crippen LogP contribution in [0.15, 0.2) is 45.6 Å². The molecule has 0 aliphatic heterocycles. The van der Waals surface area contributed by atoms with Crippen LogP contribution in [0.5, 0.6) is 0 Å². The van der Waals surface area contributed by atoms with E-state index in [-0.39, 0.29) is 23.6 Å². The largest absolute Gasteiger partial charge is 0.453 e. The average Bonchev–Trinajstić information content (AvgIpc) is 2.86. The first-order chi connectivity index (χ1) is 10.0. The van der Waals surface area contributed by atoms with Crippen LogP contribution in [-0.4, -0.2) is 15.3 Å². The molecule has 0 saturated heterocycles. The average molecular weight is 282 g/mol. The topological polar surface area (TPSA) is 65.1 Å². The summed E-state index contributed by atoms with van der Waals surface area (Å²) in [6.07, 6.45) is 0. The fourth-order valence-electron chi connectivity index (χ4n) is 2.30. The first-order valence-electron chi connectivity index (χ1n) is 6.61. The Morgan fingerprint density at radius 3 is 2.71 bits per heavy atom. The third-order valence-corrected chi connectivity index (χ3v) is 3.33. The van der Waals surface area contributed by atoms with Gasteiger partial charge >= 0.3 is 0 Å². The summed E-state index contributed by atoms with van der Waals surface area (Å²) in [5, 5.41) is 0.868. The van der Waals surface area contributed by atoms with Crippen LogP contribution in [0.4, 0.5) is 0 Å². The summed E-state index contributed by atoms with van der Waals surface area (Å²) in [6, 6.07) is 10.5. The van der Waals surface area contributed by atoms with Gasteiger partial charge < -0.3 is 4.42 Å². The van der Waals surface area contributed by atoms with E-state index < -0.39 is 0 Å². The minimum absolute atomic E-state index is 0.0717. The number of nitrogens with zero attached hydrogens (tertiary/aromatic N) is 2. The highest BCUT2D eigenvalue weighted by Crippen LogP contribution is 2.19. The van der Waals surface area contributed by atoms with Crippen LogP contribution >= 0.6 is 0 Å². The van der Waals surface area contributed by atoms with Crippen LogP contribution in [-0.2, 0) is 6.54 Å². The van der Waals surface area contributed by atoms with Gasteiger partial charge in [-0.05, 0) is 26.0 Å². The van der Waals surface area contributed by atoms with Gasteiger partial charge in [-0.25, -0.2) is 4.98 Å². The molecule has 2 aromatic heterocycles. The Morgan fingerprint density at radius 2 is 2.00 bits per heavy atom. The highest BCUT2D eigenvalue weighted by Gasteiger charge is 2.15. The molecule has 0 atom stereocenters. The molecule has 0 spiro atoms. The standard InChI is InChI=1S/C16H14N2O3/c1-10-7-16(20)18(11(2)17-10)9-13(19)15-8-12-5-3-4-6-14(12)21-15/h3-8H,9H2,1-2H3. The van der Waals surface area contributed by atoms with Gasteiger partial charge in [0.25, 0.3) is 5.56 Å². The van der Waals surface area contributed by atoms with Crippen LogP contribution in [0.3, 0.4) is 0 Å². The lowest BCUT2D eigenvalue weighted by Gasteiger charge is -2.07. The van der Waals surface area contributed by atoms with Gasteiger partial charge in [-0.3, -0.25) is 14.2 Å². The minimum Gasteiger partial charge on any atom is -0.453 e. The summed E-state index contributed by atoms with van der Waals surface area (Å²) in [5.74, 6) is 0.523. The number of carbonyl (C=O) groups excluding carboxylic acids is 1. The zero-order valence-corrected chi connectivity index (χ0v) is 11.8. The summed E-state index contributed by atoms with van der Waals surface area (Å²) in [5.41, 5.74) is 1.07. The predicted octanol–water partition coefficient (Wildman–Crippen LogP) is 2.49. The van der Waals surface area contributed by atoms with Crippen molar-refractivity contribution in [1.29, 1.82) is 0 Å². The molecule has 3 rings (SSSR count). The molecule has 2 heterocycles. The molecule has 3 aromatic rings. The van der Waals surface area contributed by atoms with Crippen molar-refractivity contribution in [3.8, 4) is 0 Å². The fourth-order valence-corrected chi connectivity index (χ4v) is 2.30. The molecular formula is C16H14N2O3. The van der Waals surface area contributed by atoms with Crippen LogP contribution < -0.4 is 5.56 Å². The van der Waals surface area contributed by atoms with Gasteiger partial charge in [0.2, 0.25) is 5.78 Å². The summed E-state index contributed by atoms with van der Waals surface area (Å²) in [6.45, 7) is 3.39. The van der Waals surface area contributed by atoms with Gasteiger partial charge in [0.1, 0.15) is 11.4 Å². The first kappa shape index (κ1) is 13.3. The number of benzene rings is 1. The van der Waals surface area contributed by atoms with Gasteiger partial charge in [0.15, 0.2) is 5.76 Å². The Kier molecular flexibility index (Phi) is 3.17. The van der Waals surface area contributed by atoms with E-state index in [9.17, 15) is 9.59 Å². The van der Waals surface area contributed by atoms with Crippen molar-refractivity contribution in [1.82, 2.24) is 9.55 Å². The highest BCUT2D eigenvalue weighted by atomic mass is 16.3. The zero-order chi connectivity index (χ0) is 15.0. The Balaban J connectivity index is 1.95. The lowest BCUT2D eigenvalue weighted by atomic mass is 10.2. The number of ketones is 1. The summed E-state index contributed by atoms with van der Waals surface area (Å²) >= 11 is 0. The number of Topliss-reactive ketones (excluding diaryl/α,β-unsaturated/α-hetero) is 1. The van der Waals surface area contributed by atoms with E-state index in [4.69, 9.17) is 4.42 Å². The normalized spacial score (nSPS) is 11.0. The summed E-state index contributed by atoms with van der Waals surface area (Å²) in [4.78, 5) is 28.4. The van der Waals surface area contributed by atoms with Crippen molar-refractivity contribution in [2.75, 3.05) is 0 Å². The number of aromatic nitrogens is 2. The number of rotatable bonds is 3. The smallest absolute Gasteiger partial charge is 0.254 e. The Hall–Kier alpha value is -2.69. The maximum Gasteiger partial charge on any atom is 0.254 e. The second-order valence-corrected chi connectivity index (χ2v) is 4.94. The quantitative estimate of drug-likeness (QED) is 0.692. The van der Waals surface area contributed by atoms with Gasteiger partial charge in [-0.1, -0.05) is 18.2 Å². The number of carbonyl (C=O) groups is 1. The molecule has 0 amide bonds. The van der Waals surface area contributed by atoms with Gasteiger partial charge in [0.05, 0.1) is 6.54 Å². The second kappa shape index (κ2) is 5.01. The van der Waals surface area contributed by atoms with Crippen molar-refractivity contribution in [2.45, 2.75) is 20.4 Å². The summed E-state index contributed by atoms with van der Waals surface area (Å²) < 4.78 is 6.87. The second-order valence-electron chi connectivity index (χ2n) is 4.94. The van der Waals surface area contributed by atoms with E-state index in [1.807, 2.05) is 18.2 Å². The number of fused-ring (bicyclic) bond motifs is 1. The fraction of sp³-hybridized carbons (Fsp3) is 0.188. The molecule has 5 nitrogen and oxygen atoms in total. The molecule has 0 radical (unpaired) electrons. The molecule has 5 heteroatoms. The lowest BCUT2D eigenvalue weighted by Crippen LogP contribution is -2.27. The van der Waals surface area contributed by atoms with Crippen molar-refractivity contribution >= 4 is 16.8 Å². The zero-order valence-electron chi connectivity index (χ0n) is 11.8. The molecule has 0 unspecified atom stereocenters. The van der Waals surface area contributed by atoms with Crippen molar-refractivity contribution < 1.29 is 9.21 Å². The molecular weight excluding hydrogens is 268 g/mol. The number of hydrogen-bond donors (Lipinski definition) is 0. The van der Waals surface area contributed by atoms with Gasteiger partial charge in [0, 0.05) is 17.1 Å². The van der Waals surface area contributed by atoms with Gasteiger partial charge in [-0.15, -0.1) is 0 Å². The van der Waals surface area contributed by atoms with E-state index in [1.54, 1.807) is 26.0 Å². The Bertz CT molecular complexity index is 857. The molecule has 106 valence electrons. The molecule has 0 bridgehead atoms. The van der Waals surface area contributed by atoms with E-state index in [0.717, 1.165) is 5.39 Å². The van der Waals surface area contributed by atoms with E-state index >= 15 is 0 Å². The van der Waals surface area contributed by atoms with Crippen LogP contribution in [0.25, 0.3) is 11.0 Å². The lowest BCUT2D eigenvalue weighted by molar-refractivity contribution is 0.0944. The maximum absolute atomic E-state index is 12.3. The predicted molar refractivity (Wildman–Crippen MR) is 78.5 cm³/mol. The number of para-hydroxylation sites is 1. The number of furan rings is 1. The Labute approximate surface area is 120 Å². The summed E-state index contributed by atoms with van der Waals surface area (Å²) in [7, 11) is 0. The molecule has 0 fully saturated rings. The van der Waals surface area contributed by atoms with E-state index in [1.165, 1.54) is 10.6 Å². The van der Waals surface area contributed by atoms with Crippen LogP contribution in [0, 0.1) is 13.8 Å². The third kappa shape index (κ3) is 2.50. The minimum atomic E-state index is -0.248. The van der Waals surface area contributed by atoms with Crippen molar-refractivity contribution in [3.05, 3.63) is 64.0 Å². The maximum atomic E-state index is 12.3. The number of aryl methyl sites for hydroxylation is 2. The molecule has 1 aromatic carbocycles. The van der Waals surface area contributed by atoms with Crippen molar-refractivity contribution in [2.24, 2.45) is 0 Å². The Morgan fingerprint density at radius 1 is 1.24 bits per heavy atom.